The summed E-state index contributed by atoms with van der Waals surface area (Å²) in [6.45, 7) is 0. The molecule has 0 aliphatic rings. The quantitative estimate of drug-likeness (QED) is 0.897. The number of hydrogen-bond acceptors (Lipinski definition) is 2. The molecule has 2 rings (SSSR count). The van der Waals surface area contributed by atoms with E-state index in [1.54, 1.807) is 0 Å². The van der Waals surface area contributed by atoms with Crippen molar-refractivity contribution in [3.8, 4) is 0 Å². The normalized spacial score (nSPS) is 10.3. The van der Waals surface area contributed by atoms with Gasteiger partial charge in [-0.15, -0.1) is 0 Å². The van der Waals surface area contributed by atoms with E-state index in [9.17, 15) is 18.0 Å². The SMILES string of the molecule is CNc1c(F)cc(C(=O)Nc2c(F)cccc2Cl)cc1F. The first-order chi connectivity index (χ1) is 9.93. The summed E-state index contributed by atoms with van der Waals surface area (Å²) in [4.78, 5) is 11.9. The van der Waals surface area contributed by atoms with E-state index in [1.807, 2.05) is 0 Å². The maximum Gasteiger partial charge on any atom is 0.255 e. The maximum absolute atomic E-state index is 13.6. The number of carbonyl (C=O) groups is 1. The molecule has 0 spiro atoms. The third-order valence-electron chi connectivity index (χ3n) is 2.76. The van der Waals surface area contributed by atoms with Crippen LogP contribution in [0.15, 0.2) is 30.3 Å². The summed E-state index contributed by atoms with van der Waals surface area (Å²) in [5.74, 6) is -3.48. The summed E-state index contributed by atoms with van der Waals surface area (Å²) in [5, 5.41) is 4.50. The van der Waals surface area contributed by atoms with E-state index in [-0.39, 0.29) is 22.0 Å². The van der Waals surface area contributed by atoms with Gasteiger partial charge < -0.3 is 10.6 Å². The van der Waals surface area contributed by atoms with Crippen molar-refractivity contribution in [2.24, 2.45) is 0 Å². The highest BCUT2D eigenvalue weighted by molar-refractivity contribution is 6.34. The number of hydrogen-bond donors (Lipinski definition) is 2. The number of para-hydroxylation sites is 1. The van der Waals surface area contributed by atoms with Crippen LogP contribution in [0.25, 0.3) is 0 Å². The fraction of sp³-hybridized carbons (Fsp3) is 0.0714. The topological polar surface area (TPSA) is 41.1 Å². The lowest BCUT2D eigenvalue weighted by molar-refractivity contribution is 0.102. The van der Waals surface area contributed by atoms with Gasteiger partial charge in [0.25, 0.3) is 5.91 Å². The Labute approximate surface area is 123 Å². The summed E-state index contributed by atoms with van der Waals surface area (Å²) in [5.41, 5.74) is -0.888. The predicted molar refractivity (Wildman–Crippen MR) is 75.3 cm³/mol. The van der Waals surface area contributed by atoms with Crippen LogP contribution >= 0.6 is 11.6 Å². The van der Waals surface area contributed by atoms with Crippen LogP contribution in [-0.2, 0) is 0 Å². The van der Waals surface area contributed by atoms with Crippen LogP contribution in [0.1, 0.15) is 10.4 Å². The summed E-state index contributed by atoms with van der Waals surface area (Å²) < 4.78 is 40.7. The Morgan fingerprint density at radius 3 is 2.19 bits per heavy atom. The summed E-state index contributed by atoms with van der Waals surface area (Å²) in [6.07, 6.45) is 0. The van der Waals surface area contributed by atoms with Gasteiger partial charge in [-0.25, -0.2) is 13.2 Å². The molecule has 0 aliphatic carbocycles. The molecule has 0 radical (unpaired) electrons. The summed E-state index contributed by atoms with van der Waals surface area (Å²) >= 11 is 5.76. The third-order valence-corrected chi connectivity index (χ3v) is 3.07. The Morgan fingerprint density at radius 1 is 1.05 bits per heavy atom. The van der Waals surface area contributed by atoms with E-state index < -0.39 is 23.4 Å². The highest BCUT2D eigenvalue weighted by atomic mass is 35.5. The molecule has 0 bridgehead atoms. The van der Waals surface area contributed by atoms with Crippen molar-refractivity contribution in [3.63, 3.8) is 0 Å². The molecule has 0 atom stereocenters. The molecule has 0 saturated heterocycles. The molecule has 21 heavy (non-hydrogen) atoms. The zero-order valence-electron chi connectivity index (χ0n) is 10.8. The van der Waals surface area contributed by atoms with Crippen LogP contribution < -0.4 is 10.6 Å². The van der Waals surface area contributed by atoms with Crippen molar-refractivity contribution < 1.29 is 18.0 Å². The Kier molecular flexibility index (Phi) is 4.37. The highest BCUT2D eigenvalue weighted by Gasteiger charge is 2.16. The number of nitrogens with one attached hydrogen (secondary N) is 2. The first-order valence-electron chi connectivity index (χ1n) is 5.86. The Balaban J connectivity index is 2.33. The van der Waals surface area contributed by atoms with Gasteiger partial charge in [0.05, 0.1) is 10.7 Å². The van der Waals surface area contributed by atoms with E-state index >= 15 is 0 Å². The predicted octanol–water partition coefficient (Wildman–Crippen LogP) is 4.05. The van der Waals surface area contributed by atoms with E-state index in [0.29, 0.717) is 0 Å². The fourth-order valence-electron chi connectivity index (χ4n) is 1.75. The molecule has 2 aromatic carbocycles. The van der Waals surface area contributed by atoms with Crippen molar-refractivity contribution in [3.05, 3.63) is 58.4 Å². The standard InChI is InChI=1S/C14H10ClF3N2O/c1-19-13-10(17)5-7(6-11(13)18)14(21)20-12-8(15)3-2-4-9(12)16/h2-6,19H,1H3,(H,20,21). The number of anilines is 2. The minimum Gasteiger partial charge on any atom is -0.383 e. The number of halogens is 4. The van der Waals surface area contributed by atoms with Gasteiger partial charge in [0.15, 0.2) is 0 Å². The molecule has 7 heteroatoms. The molecule has 1 amide bonds. The number of benzene rings is 2. The van der Waals surface area contributed by atoms with Crippen molar-refractivity contribution in [1.29, 1.82) is 0 Å². The smallest absolute Gasteiger partial charge is 0.255 e. The van der Waals surface area contributed by atoms with Crippen LogP contribution in [0, 0.1) is 17.5 Å². The molecule has 0 fully saturated rings. The van der Waals surface area contributed by atoms with Crippen LogP contribution in [0.2, 0.25) is 5.02 Å². The summed E-state index contributed by atoms with van der Waals surface area (Å²) in [7, 11) is 1.35. The molecule has 0 heterocycles. The van der Waals surface area contributed by atoms with Crippen molar-refractivity contribution >= 4 is 28.9 Å². The number of carbonyl (C=O) groups excluding carboxylic acids is 1. The lowest BCUT2D eigenvalue weighted by atomic mass is 10.1. The van der Waals surface area contributed by atoms with E-state index in [4.69, 9.17) is 11.6 Å². The van der Waals surface area contributed by atoms with Gasteiger partial charge in [-0.2, -0.15) is 0 Å². The third kappa shape index (κ3) is 3.11. The van der Waals surface area contributed by atoms with Crippen molar-refractivity contribution in [1.82, 2.24) is 0 Å². The highest BCUT2D eigenvalue weighted by Crippen LogP contribution is 2.26. The number of rotatable bonds is 3. The van der Waals surface area contributed by atoms with Gasteiger partial charge in [-0.05, 0) is 24.3 Å². The molecule has 3 nitrogen and oxygen atoms in total. The molecule has 2 aromatic rings. The average molecular weight is 315 g/mol. The van der Waals surface area contributed by atoms with Crippen molar-refractivity contribution in [2.75, 3.05) is 17.7 Å². The van der Waals surface area contributed by atoms with Crippen LogP contribution in [0.5, 0.6) is 0 Å². The van der Waals surface area contributed by atoms with Crippen LogP contribution in [-0.4, -0.2) is 13.0 Å². The lowest BCUT2D eigenvalue weighted by Crippen LogP contribution is -2.14. The molecule has 0 saturated carbocycles. The largest absolute Gasteiger partial charge is 0.383 e. The molecule has 0 unspecified atom stereocenters. The minimum atomic E-state index is -0.928. The van der Waals surface area contributed by atoms with Gasteiger partial charge in [0.2, 0.25) is 0 Å². The van der Waals surface area contributed by atoms with Crippen LogP contribution in [0.4, 0.5) is 24.5 Å². The van der Waals surface area contributed by atoms with Gasteiger partial charge in [0, 0.05) is 12.6 Å². The van der Waals surface area contributed by atoms with Gasteiger partial charge in [0.1, 0.15) is 23.1 Å². The lowest BCUT2D eigenvalue weighted by Gasteiger charge is -2.10. The first kappa shape index (κ1) is 15.2. The van der Waals surface area contributed by atoms with Gasteiger partial charge >= 0.3 is 0 Å². The molecule has 2 N–H and O–H groups in total. The second kappa shape index (κ2) is 6.05. The molecular weight excluding hydrogens is 305 g/mol. The average Bonchev–Trinajstić information content (AvgIpc) is 2.42. The Hall–Kier alpha value is -2.21. The molecule has 0 aliphatic heterocycles. The monoisotopic (exact) mass is 314 g/mol. The zero-order valence-corrected chi connectivity index (χ0v) is 11.6. The number of amides is 1. The summed E-state index contributed by atoms with van der Waals surface area (Å²) in [6, 6.07) is 5.55. The molecule has 0 aromatic heterocycles. The van der Waals surface area contributed by atoms with E-state index in [2.05, 4.69) is 10.6 Å². The van der Waals surface area contributed by atoms with E-state index in [1.165, 1.54) is 19.2 Å². The second-order valence-corrected chi connectivity index (χ2v) is 4.52. The fourth-order valence-corrected chi connectivity index (χ4v) is 1.96. The maximum atomic E-state index is 13.6. The van der Waals surface area contributed by atoms with E-state index in [0.717, 1.165) is 18.2 Å². The van der Waals surface area contributed by atoms with Gasteiger partial charge in [-0.1, -0.05) is 17.7 Å². The van der Waals surface area contributed by atoms with Gasteiger partial charge in [-0.3, -0.25) is 4.79 Å². The first-order valence-corrected chi connectivity index (χ1v) is 6.24. The molecular formula is C14H10ClF3N2O. The Morgan fingerprint density at radius 2 is 1.67 bits per heavy atom. The Bertz CT molecular complexity index is 663. The second-order valence-electron chi connectivity index (χ2n) is 4.12. The molecule has 110 valence electrons. The van der Waals surface area contributed by atoms with Crippen LogP contribution in [0.3, 0.4) is 0 Å². The minimum absolute atomic E-state index is 0.0175. The van der Waals surface area contributed by atoms with Crippen molar-refractivity contribution in [2.45, 2.75) is 0 Å². The zero-order chi connectivity index (χ0) is 15.6.